The van der Waals surface area contributed by atoms with Gasteiger partial charge in [-0.1, -0.05) is 35.1 Å². The highest BCUT2D eigenvalue weighted by Crippen LogP contribution is 2.38. The molecule has 0 aliphatic carbocycles. The Bertz CT molecular complexity index is 1550. The van der Waals surface area contributed by atoms with Crippen molar-refractivity contribution in [2.75, 3.05) is 23.3 Å². The van der Waals surface area contributed by atoms with E-state index in [1.54, 1.807) is 43.5 Å². The highest BCUT2D eigenvalue weighted by Gasteiger charge is 2.38. The predicted molar refractivity (Wildman–Crippen MR) is 142 cm³/mol. The first-order valence-electron chi connectivity index (χ1n) is 11.4. The lowest BCUT2D eigenvalue weighted by atomic mass is 10.1. The second-order valence-corrected chi connectivity index (χ2v) is 11.4. The van der Waals surface area contributed by atoms with Crippen LogP contribution in [0, 0.1) is 13.8 Å². The van der Waals surface area contributed by atoms with E-state index in [1.807, 2.05) is 44.2 Å². The molecule has 1 N–H and O–H groups in total. The topological polar surface area (TPSA) is 111 Å². The fourth-order valence-corrected chi connectivity index (χ4v) is 6.10. The third-order valence-electron chi connectivity index (χ3n) is 5.88. The van der Waals surface area contributed by atoms with Crippen molar-refractivity contribution in [2.24, 2.45) is 0 Å². The van der Waals surface area contributed by atoms with Crippen molar-refractivity contribution in [3.8, 4) is 22.1 Å². The third-order valence-corrected chi connectivity index (χ3v) is 8.56. The highest BCUT2D eigenvalue weighted by atomic mass is 32.2. The minimum Gasteiger partial charge on any atom is -0.497 e. The van der Waals surface area contributed by atoms with Crippen LogP contribution in [0.15, 0.2) is 71.6 Å². The smallest absolute Gasteiger partial charge is 0.269 e. The van der Waals surface area contributed by atoms with Crippen LogP contribution in [0.1, 0.15) is 11.1 Å². The van der Waals surface area contributed by atoms with Crippen LogP contribution in [0.4, 0.5) is 10.8 Å². The summed E-state index contributed by atoms with van der Waals surface area (Å²) in [6, 6.07) is 19.1. The van der Waals surface area contributed by atoms with E-state index in [-0.39, 0.29) is 16.6 Å². The number of carbonyl (C=O) groups excluding carboxylic acids is 1. The van der Waals surface area contributed by atoms with Gasteiger partial charge in [-0.3, -0.25) is 14.4 Å². The third kappa shape index (κ3) is 5.00. The van der Waals surface area contributed by atoms with Crippen molar-refractivity contribution >= 4 is 38.1 Å². The Morgan fingerprint density at radius 2 is 1.73 bits per heavy atom. The maximum absolute atomic E-state index is 13.6. The quantitative estimate of drug-likeness (QED) is 0.388. The molecule has 37 heavy (non-hydrogen) atoms. The minimum atomic E-state index is -3.94. The number of rotatable bonds is 6. The number of aromatic nitrogens is 2. The number of aryl methyl sites for hydroxylation is 2. The molecule has 1 aromatic heterocycles. The predicted octanol–water partition coefficient (Wildman–Crippen LogP) is 4.43. The van der Waals surface area contributed by atoms with Crippen molar-refractivity contribution < 1.29 is 22.7 Å². The molecule has 1 aliphatic heterocycles. The van der Waals surface area contributed by atoms with Crippen LogP contribution < -0.4 is 19.1 Å². The molecule has 0 radical (unpaired) electrons. The SMILES string of the molecule is COc1ccc(-c2nnc(NC(=O)C3CN(S(=O)(=O)c4ccc(C)cc4)c4ccc(C)cc4O3)s2)cc1. The zero-order valence-electron chi connectivity index (χ0n) is 20.3. The zero-order valence-corrected chi connectivity index (χ0v) is 22.0. The number of anilines is 2. The van der Waals surface area contributed by atoms with Crippen molar-refractivity contribution in [3.63, 3.8) is 0 Å². The van der Waals surface area contributed by atoms with Gasteiger partial charge in [0.2, 0.25) is 5.13 Å². The first-order valence-corrected chi connectivity index (χ1v) is 13.7. The lowest BCUT2D eigenvalue weighted by Gasteiger charge is -2.34. The Morgan fingerprint density at radius 3 is 2.43 bits per heavy atom. The molecule has 3 aromatic carbocycles. The van der Waals surface area contributed by atoms with Crippen LogP contribution in [0.2, 0.25) is 0 Å². The summed E-state index contributed by atoms with van der Waals surface area (Å²) < 4.78 is 39.5. The standard InChI is InChI=1S/C26H24N4O5S2/c1-16-4-11-20(12-5-16)37(32,33)30-15-23(35-22-14-17(2)6-13-21(22)30)24(31)27-26-29-28-25(36-26)18-7-9-19(34-3)10-8-18/h4-14,23H,15H2,1-3H3,(H,27,29,31). The number of sulfonamides is 1. The summed E-state index contributed by atoms with van der Waals surface area (Å²) in [6.07, 6.45) is -1.09. The fourth-order valence-electron chi connectivity index (χ4n) is 3.87. The van der Waals surface area contributed by atoms with Gasteiger partial charge in [0.25, 0.3) is 15.9 Å². The molecule has 5 rings (SSSR count). The molecule has 190 valence electrons. The lowest BCUT2D eigenvalue weighted by molar-refractivity contribution is -0.122. The lowest BCUT2D eigenvalue weighted by Crippen LogP contribution is -2.48. The molecule has 0 saturated heterocycles. The molecule has 9 nitrogen and oxygen atoms in total. The first kappa shape index (κ1) is 24.7. The minimum absolute atomic E-state index is 0.138. The number of ether oxygens (including phenoxy) is 2. The van der Waals surface area contributed by atoms with Gasteiger partial charge in [-0.2, -0.15) is 0 Å². The Hall–Kier alpha value is -3.96. The van der Waals surface area contributed by atoms with Gasteiger partial charge >= 0.3 is 0 Å². The number of hydrogen-bond acceptors (Lipinski definition) is 8. The van der Waals surface area contributed by atoms with E-state index < -0.39 is 22.0 Å². The normalized spacial score (nSPS) is 15.0. The molecule has 0 fully saturated rings. The molecule has 0 bridgehead atoms. The van der Waals surface area contributed by atoms with E-state index in [4.69, 9.17) is 9.47 Å². The number of nitrogens with zero attached hydrogens (tertiary/aromatic N) is 3. The molecule has 2 heterocycles. The molecule has 0 saturated carbocycles. The summed E-state index contributed by atoms with van der Waals surface area (Å²) in [7, 11) is -2.35. The molecule has 4 aromatic rings. The maximum Gasteiger partial charge on any atom is 0.269 e. The van der Waals surface area contributed by atoms with Crippen LogP contribution in [0.25, 0.3) is 10.6 Å². The van der Waals surface area contributed by atoms with E-state index in [9.17, 15) is 13.2 Å². The molecule has 11 heteroatoms. The number of hydrogen-bond donors (Lipinski definition) is 1. The van der Waals surface area contributed by atoms with Gasteiger partial charge in [0, 0.05) is 5.56 Å². The van der Waals surface area contributed by atoms with E-state index in [2.05, 4.69) is 15.5 Å². The van der Waals surface area contributed by atoms with E-state index >= 15 is 0 Å². The summed E-state index contributed by atoms with van der Waals surface area (Å²) in [6.45, 7) is 3.56. The average molecular weight is 537 g/mol. The maximum atomic E-state index is 13.6. The number of nitrogens with one attached hydrogen (secondary N) is 1. The number of benzene rings is 3. The van der Waals surface area contributed by atoms with Gasteiger partial charge in [0.1, 0.15) is 16.5 Å². The van der Waals surface area contributed by atoms with E-state index in [0.29, 0.717) is 16.4 Å². The van der Waals surface area contributed by atoms with Crippen LogP contribution >= 0.6 is 11.3 Å². The summed E-state index contributed by atoms with van der Waals surface area (Å²) in [4.78, 5) is 13.3. The van der Waals surface area contributed by atoms with Gasteiger partial charge < -0.3 is 9.47 Å². The van der Waals surface area contributed by atoms with Gasteiger partial charge in [-0.15, -0.1) is 10.2 Å². The van der Waals surface area contributed by atoms with Crippen molar-refractivity contribution in [1.29, 1.82) is 0 Å². The van der Waals surface area contributed by atoms with Crippen molar-refractivity contribution in [2.45, 2.75) is 24.8 Å². The molecule has 1 atom stereocenters. The van der Waals surface area contributed by atoms with Crippen LogP contribution in [0.5, 0.6) is 11.5 Å². The van der Waals surface area contributed by atoms with Crippen LogP contribution in [-0.2, 0) is 14.8 Å². The molecule has 1 unspecified atom stereocenters. The summed E-state index contributed by atoms with van der Waals surface area (Å²) in [5.41, 5.74) is 3.03. The van der Waals surface area contributed by atoms with Gasteiger partial charge in [0.15, 0.2) is 6.10 Å². The summed E-state index contributed by atoms with van der Waals surface area (Å²) in [5.74, 6) is 0.517. The van der Waals surface area contributed by atoms with Gasteiger partial charge in [-0.05, 0) is 67.9 Å². The van der Waals surface area contributed by atoms with Crippen molar-refractivity contribution in [3.05, 3.63) is 77.9 Å². The second kappa shape index (κ2) is 9.83. The summed E-state index contributed by atoms with van der Waals surface area (Å²) >= 11 is 1.20. The Kier molecular flexibility index (Phi) is 6.57. The van der Waals surface area contributed by atoms with E-state index in [0.717, 1.165) is 22.4 Å². The monoisotopic (exact) mass is 536 g/mol. The van der Waals surface area contributed by atoms with E-state index in [1.165, 1.54) is 15.6 Å². The first-order chi connectivity index (χ1) is 17.7. The molecule has 0 spiro atoms. The number of amides is 1. The summed E-state index contributed by atoms with van der Waals surface area (Å²) in [5, 5.41) is 11.8. The van der Waals surface area contributed by atoms with Gasteiger partial charge in [0.05, 0.1) is 24.2 Å². The average Bonchev–Trinajstić information content (AvgIpc) is 3.36. The van der Waals surface area contributed by atoms with Crippen molar-refractivity contribution in [1.82, 2.24) is 10.2 Å². The molecule has 1 amide bonds. The largest absolute Gasteiger partial charge is 0.497 e. The molecule has 1 aliphatic rings. The van der Waals surface area contributed by atoms with Gasteiger partial charge in [-0.25, -0.2) is 8.42 Å². The fraction of sp³-hybridized carbons (Fsp3) is 0.192. The number of methoxy groups -OCH3 is 1. The Labute approximate surface area is 218 Å². The Balaban J connectivity index is 1.40. The zero-order chi connectivity index (χ0) is 26.2. The number of carbonyl (C=O) groups is 1. The second-order valence-electron chi connectivity index (χ2n) is 8.56. The molecular formula is C26H24N4O5S2. The highest BCUT2D eigenvalue weighted by molar-refractivity contribution is 7.92. The Morgan fingerprint density at radius 1 is 1.03 bits per heavy atom. The molecular weight excluding hydrogens is 512 g/mol. The van der Waals surface area contributed by atoms with Crippen LogP contribution in [-0.4, -0.2) is 44.3 Å². The number of fused-ring (bicyclic) bond motifs is 1. The van der Waals surface area contributed by atoms with Crippen LogP contribution in [0.3, 0.4) is 0 Å².